The molecule has 142 valence electrons. The normalized spacial score (nSPS) is 10.2. The van der Waals surface area contributed by atoms with Gasteiger partial charge in [-0.1, -0.05) is 23.7 Å². The van der Waals surface area contributed by atoms with Crippen LogP contribution in [-0.4, -0.2) is 31.4 Å². The Morgan fingerprint density at radius 3 is 2.56 bits per heavy atom. The fourth-order valence-corrected chi connectivity index (χ4v) is 2.71. The number of amides is 2. The third-order valence-corrected chi connectivity index (χ3v) is 4.23. The van der Waals surface area contributed by atoms with E-state index in [0.717, 1.165) is 5.56 Å². The predicted molar refractivity (Wildman–Crippen MR) is 105 cm³/mol. The fourth-order valence-electron chi connectivity index (χ4n) is 2.54. The van der Waals surface area contributed by atoms with Crippen molar-refractivity contribution in [2.24, 2.45) is 0 Å². The SMILES string of the molecule is COC(=O)c1cccc(N(CCC(=O)Nc2cc(Cl)ccc2C)C(C)=O)c1. The molecule has 2 rings (SSSR count). The van der Waals surface area contributed by atoms with E-state index in [0.29, 0.717) is 22.0 Å². The molecule has 0 radical (unpaired) electrons. The fraction of sp³-hybridized carbons (Fsp3) is 0.250. The average molecular weight is 389 g/mol. The molecule has 2 aromatic carbocycles. The maximum atomic E-state index is 12.3. The summed E-state index contributed by atoms with van der Waals surface area (Å²) in [5, 5.41) is 3.33. The largest absolute Gasteiger partial charge is 0.465 e. The van der Waals surface area contributed by atoms with Gasteiger partial charge in [-0.3, -0.25) is 9.59 Å². The summed E-state index contributed by atoms with van der Waals surface area (Å²) in [5.74, 6) is -0.964. The van der Waals surface area contributed by atoms with Gasteiger partial charge in [-0.15, -0.1) is 0 Å². The number of rotatable bonds is 6. The highest BCUT2D eigenvalue weighted by Gasteiger charge is 2.16. The Morgan fingerprint density at radius 2 is 1.89 bits per heavy atom. The number of methoxy groups -OCH3 is 1. The van der Waals surface area contributed by atoms with Crippen LogP contribution in [0.15, 0.2) is 42.5 Å². The zero-order valence-electron chi connectivity index (χ0n) is 15.4. The van der Waals surface area contributed by atoms with E-state index in [1.165, 1.54) is 18.9 Å². The Bertz CT molecular complexity index is 867. The molecule has 1 N–H and O–H groups in total. The Labute approximate surface area is 163 Å². The molecule has 2 aromatic rings. The number of nitrogens with one attached hydrogen (secondary N) is 1. The highest BCUT2D eigenvalue weighted by molar-refractivity contribution is 6.31. The first-order valence-electron chi connectivity index (χ1n) is 8.34. The first-order valence-corrected chi connectivity index (χ1v) is 8.72. The van der Waals surface area contributed by atoms with Gasteiger partial charge in [-0.05, 0) is 42.8 Å². The van der Waals surface area contributed by atoms with Crippen molar-refractivity contribution < 1.29 is 19.1 Å². The lowest BCUT2D eigenvalue weighted by molar-refractivity contribution is -0.117. The molecule has 2 amide bonds. The minimum atomic E-state index is -0.491. The Balaban J connectivity index is 2.08. The molecule has 0 unspecified atom stereocenters. The minimum absolute atomic E-state index is 0.0913. The van der Waals surface area contributed by atoms with E-state index in [1.807, 2.05) is 13.0 Å². The van der Waals surface area contributed by atoms with Crippen molar-refractivity contribution in [2.75, 3.05) is 23.9 Å². The van der Waals surface area contributed by atoms with Gasteiger partial charge < -0.3 is 15.0 Å². The molecule has 0 atom stereocenters. The zero-order chi connectivity index (χ0) is 20.0. The lowest BCUT2D eigenvalue weighted by atomic mass is 10.1. The predicted octanol–water partition coefficient (Wildman–Crippen LogP) is 3.82. The molecular weight excluding hydrogens is 368 g/mol. The first kappa shape index (κ1) is 20.5. The zero-order valence-corrected chi connectivity index (χ0v) is 16.2. The van der Waals surface area contributed by atoms with Crippen LogP contribution in [0.3, 0.4) is 0 Å². The maximum absolute atomic E-state index is 12.3. The highest BCUT2D eigenvalue weighted by Crippen LogP contribution is 2.21. The second-order valence-corrected chi connectivity index (χ2v) is 6.41. The van der Waals surface area contributed by atoms with E-state index in [4.69, 9.17) is 16.3 Å². The molecule has 0 aromatic heterocycles. The Hall–Kier alpha value is -2.86. The van der Waals surface area contributed by atoms with Crippen LogP contribution in [0.1, 0.15) is 29.3 Å². The summed E-state index contributed by atoms with van der Waals surface area (Å²) in [4.78, 5) is 37.4. The summed E-state index contributed by atoms with van der Waals surface area (Å²) in [6.45, 7) is 3.45. The first-order chi connectivity index (χ1) is 12.8. The number of nitrogens with zero attached hydrogens (tertiary/aromatic N) is 1. The van der Waals surface area contributed by atoms with Crippen molar-refractivity contribution in [3.63, 3.8) is 0 Å². The summed E-state index contributed by atoms with van der Waals surface area (Å²) in [5.41, 5.74) is 2.38. The van der Waals surface area contributed by atoms with E-state index in [9.17, 15) is 14.4 Å². The highest BCUT2D eigenvalue weighted by atomic mass is 35.5. The van der Waals surface area contributed by atoms with Gasteiger partial charge in [0.15, 0.2) is 0 Å². The topological polar surface area (TPSA) is 75.7 Å². The van der Waals surface area contributed by atoms with E-state index < -0.39 is 5.97 Å². The summed E-state index contributed by atoms with van der Waals surface area (Å²) in [7, 11) is 1.29. The van der Waals surface area contributed by atoms with Gasteiger partial charge in [0.05, 0.1) is 12.7 Å². The van der Waals surface area contributed by atoms with Crippen LogP contribution in [0.4, 0.5) is 11.4 Å². The monoisotopic (exact) mass is 388 g/mol. The summed E-state index contributed by atoms with van der Waals surface area (Å²) in [6, 6.07) is 11.8. The van der Waals surface area contributed by atoms with Crippen LogP contribution >= 0.6 is 11.6 Å². The smallest absolute Gasteiger partial charge is 0.337 e. The molecule has 0 saturated heterocycles. The van der Waals surface area contributed by atoms with Crippen molar-refractivity contribution in [1.29, 1.82) is 0 Å². The summed E-state index contributed by atoms with van der Waals surface area (Å²) >= 11 is 5.96. The van der Waals surface area contributed by atoms with Crippen molar-refractivity contribution in [1.82, 2.24) is 0 Å². The van der Waals surface area contributed by atoms with Gasteiger partial charge in [0.2, 0.25) is 11.8 Å². The molecule has 0 heterocycles. The Kier molecular flexibility index (Phi) is 6.96. The molecule has 0 bridgehead atoms. The van der Waals surface area contributed by atoms with Crippen LogP contribution in [0.25, 0.3) is 0 Å². The minimum Gasteiger partial charge on any atom is -0.465 e. The number of hydrogen-bond acceptors (Lipinski definition) is 4. The number of carbonyl (C=O) groups excluding carboxylic acids is 3. The molecule has 0 aliphatic heterocycles. The van der Waals surface area contributed by atoms with Gasteiger partial charge >= 0.3 is 5.97 Å². The second-order valence-electron chi connectivity index (χ2n) is 5.97. The van der Waals surface area contributed by atoms with Gasteiger partial charge in [0.25, 0.3) is 0 Å². The van der Waals surface area contributed by atoms with Crippen molar-refractivity contribution in [3.8, 4) is 0 Å². The molecule has 27 heavy (non-hydrogen) atoms. The third-order valence-electron chi connectivity index (χ3n) is 4.00. The van der Waals surface area contributed by atoms with E-state index in [-0.39, 0.29) is 24.8 Å². The standard InChI is InChI=1S/C20H21ClN2O4/c1-13-7-8-16(21)12-18(13)22-19(25)9-10-23(14(2)24)17-6-4-5-15(11-17)20(26)27-3/h4-8,11-12H,9-10H2,1-3H3,(H,22,25). The number of ether oxygens (including phenoxy) is 1. The van der Waals surface area contributed by atoms with E-state index in [1.54, 1.807) is 36.4 Å². The van der Waals surface area contributed by atoms with Gasteiger partial charge in [-0.25, -0.2) is 4.79 Å². The number of hydrogen-bond donors (Lipinski definition) is 1. The van der Waals surface area contributed by atoms with Crippen molar-refractivity contribution >= 4 is 40.8 Å². The van der Waals surface area contributed by atoms with Crippen LogP contribution in [-0.2, 0) is 14.3 Å². The number of carbonyl (C=O) groups is 3. The lowest BCUT2D eigenvalue weighted by Gasteiger charge is -2.21. The van der Waals surface area contributed by atoms with E-state index in [2.05, 4.69) is 5.32 Å². The molecule has 0 fully saturated rings. The van der Waals surface area contributed by atoms with Crippen molar-refractivity contribution in [2.45, 2.75) is 20.3 Å². The van der Waals surface area contributed by atoms with Crippen LogP contribution in [0.2, 0.25) is 5.02 Å². The molecule has 6 nitrogen and oxygen atoms in total. The number of esters is 1. The molecule has 0 spiro atoms. The number of anilines is 2. The summed E-state index contributed by atoms with van der Waals surface area (Å²) < 4.78 is 4.70. The van der Waals surface area contributed by atoms with Gasteiger partial charge in [-0.2, -0.15) is 0 Å². The number of aryl methyl sites for hydroxylation is 1. The van der Waals surface area contributed by atoms with Gasteiger partial charge in [0, 0.05) is 36.3 Å². The van der Waals surface area contributed by atoms with E-state index >= 15 is 0 Å². The maximum Gasteiger partial charge on any atom is 0.337 e. The van der Waals surface area contributed by atoms with Crippen LogP contribution in [0.5, 0.6) is 0 Å². The van der Waals surface area contributed by atoms with Crippen LogP contribution in [0, 0.1) is 6.92 Å². The Morgan fingerprint density at radius 1 is 1.15 bits per heavy atom. The molecule has 0 saturated carbocycles. The van der Waals surface area contributed by atoms with Crippen molar-refractivity contribution in [3.05, 3.63) is 58.6 Å². The molecule has 0 aliphatic carbocycles. The molecular formula is C20H21ClN2O4. The number of benzene rings is 2. The molecule has 0 aliphatic rings. The average Bonchev–Trinajstić information content (AvgIpc) is 2.64. The molecule has 7 heteroatoms. The van der Waals surface area contributed by atoms with Crippen LogP contribution < -0.4 is 10.2 Å². The number of halogens is 1. The lowest BCUT2D eigenvalue weighted by Crippen LogP contribution is -2.32. The third kappa shape index (κ3) is 5.56. The second kappa shape index (κ2) is 9.19. The summed E-state index contributed by atoms with van der Waals surface area (Å²) in [6.07, 6.45) is 0.0913. The van der Waals surface area contributed by atoms with Gasteiger partial charge in [0.1, 0.15) is 0 Å². The quantitative estimate of drug-likeness (QED) is 0.763.